The van der Waals surface area contributed by atoms with Crippen molar-refractivity contribution in [3.05, 3.63) is 27.2 Å². The van der Waals surface area contributed by atoms with Gasteiger partial charge in [0.15, 0.2) is 5.65 Å². The van der Waals surface area contributed by atoms with Crippen LogP contribution in [0.2, 0.25) is 0 Å². The lowest BCUT2D eigenvalue weighted by molar-refractivity contribution is 0.484. The monoisotopic (exact) mass is 222 g/mol. The zero-order valence-electron chi connectivity index (χ0n) is 9.52. The molecule has 2 heterocycles. The van der Waals surface area contributed by atoms with E-state index in [1.54, 1.807) is 7.05 Å². The molecule has 0 unspecified atom stereocenters. The topological polar surface area (TPSA) is 72.7 Å². The molecule has 0 radical (unpaired) electrons. The second kappa shape index (κ2) is 3.62. The number of aromatic amines is 1. The van der Waals surface area contributed by atoms with Gasteiger partial charge in [-0.25, -0.2) is 9.78 Å². The van der Waals surface area contributed by atoms with Gasteiger partial charge in [-0.2, -0.15) is 0 Å². The van der Waals surface area contributed by atoms with Crippen molar-refractivity contribution >= 4 is 11.2 Å². The molecule has 0 saturated heterocycles. The molecule has 0 aromatic carbocycles. The van der Waals surface area contributed by atoms with E-state index in [1.165, 1.54) is 15.5 Å². The lowest BCUT2D eigenvalue weighted by atomic mass is 10.2. The first-order chi connectivity index (χ1) is 7.52. The first kappa shape index (κ1) is 10.7. The van der Waals surface area contributed by atoms with Crippen LogP contribution in [-0.2, 0) is 13.6 Å². The third kappa shape index (κ3) is 1.46. The number of fused-ring (bicyclic) bond motifs is 1. The van der Waals surface area contributed by atoms with Crippen LogP contribution in [0.4, 0.5) is 0 Å². The van der Waals surface area contributed by atoms with Gasteiger partial charge in [0, 0.05) is 13.6 Å². The van der Waals surface area contributed by atoms with Crippen LogP contribution in [0.25, 0.3) is 11.2 Å². The lowest BCUT2D eigenvalue weighted by Crippen LogP contribution is -2.40. The Hall–Kier alpha value is -1.85. The standard InChI is InChI=1S/C10H14N4O2/c1-6(2)4-14-9(15)7-8(12-5-11-7)13(3)10(14)16/h5-6H,4H2,1-3H3,(H,11,12). The highest BCUT2D eigenvalue weighted by Crippen LogP contribution is 2.00. The Balaban J connectivity index is 2.83. The molecule has 0 aliphatic rings. The molecule has 0 spiro atoms. The molecule has 2 aromatic heterocycles. The van der Waals surface area contributed by atoms with E-state index in [2.05, 4.69) is 9.97 Å². The number of H-pyrrole nitrogens is 1. The Morgan fingerprint density at radius 2 is 2.12 bits per heavy atom. The summed E-state index contributed by atoms with van der Waals surface area (Å²) in [7, 11) is 1.61. The number of nitrogens with zero attached hydrogens (tertiary/aromatic N) is 3. The summed E-state index contributed by atoms with van der Waals surface area (Å²) in [6, 6.07) is 0. The van der Waals surface area contributed by atoms with E-state index in [-0.39, 0.29) is 17.2 Å². The molecule has 16 heavy (non-hydrogen) atoms. The average Bonchev–Trinajstić information content (AvgIpc) is 2.70. The predicted molar refractivity (Wildman–Crippen MR) is 60.4 cm³/mol. The van der Waals surface area contributed by atoms with Crippen molar-refractivity contribution in [2.45, 2.75) is 20.4 Å². The molecule has 0 bridgehead atoms. The fraction of sp³-hybridized carbons (Fsp3) is 0.500. The summed E-state index contributed by atoms with van der Waals surface area (Å²) in [4.78, 5) is 30.6. The fourth-order valence-electron chi connectivity index (χ4n) is 1.72. The Labute approximate surface area is 91.5 Å². The summed E-state index contributed by atoms with van der Waals surface area (Å²) in [6.45, 7) is 4.34. The minimum Gasteiger partial charge on any atom is -0.339 e. The van der Waals surface area contributed by atoms with Crippen molar-refractivity contribution in [1.82, 2.24) is 19.1 Å². The van der Waals surface area contributed by atoms with Gasteiger partial charge >= 0.3 is 5.69 Å². The predicted octanol–water partition coefficient (Wildman–Crippen LogP) is 0.0793. The molecule has 0 aliphatic heterocycles. The number of hydrogen-bond acceptors (Lipinski definition) is 3. The van der Waals surface area contributed by atoms with Gasteiger partial charge in [-0.1, -0.05) is 13.8 Å². The van der Waals surface area contributed by atoms with Crippen molar-refractivity contribution in [2.24, 2.45) is 13.0 Å². The molecule has 0 saturated carbocycles. The maximum Gasteiger partial charge on any atom is 0.332 e. The maximum atomic E-state index is 12.0. The Morgan fingerprint density at radius 3 is 2.75 bits per heavy atom. The van der Waals surface area contributed by atoms with Gasteiger partial charge in [0.2, 0.25) is 0 Å². The molecule has 2 rings (SSSR count). The van der Waals surface area contributed by atoms with Crippen LogP contribution in [0.15, 0.2) is 15.9 Å². The highest BCUT2D eigenvalue weighted by molar-refractivity contribution is 5.68. The second-order valence-corrected chi connectivity index (χ2v) is 4.25. The highest BCUT2D eigenvalue weighted by Gasteiger charge is 2.13. The summed E-state index contributed by atoms with van der Waals surface area (Å²) in [5.41, 5.74) is 0.153. The van der Waals surface area contributed by atoms with Crippen LogP contribution in [0.3, 0.4) is 0 Å². The molecule has 0 atom stereocenters. The van der Waals surface area contributed by atoms with E-state index in [0.29, 0.717) is 17.7 Å². The van der Waals surface area contributed by atoms with E-state index in [1.807, 2.05) is 13.8 Å². The summed E-state index contributed by atoms with van der Waals surface area (Å²) in [5.74, 6) is 0.241. The summed E-state index contributed by atoms with van der Waals surface area (Å²) in [6.07, 6.45) is 1.42. The highest BCUT2D eigenvalue weighted by atomic mass is 16.2. The molecular weight excluding hydrogens is 208 g/mol. The van der Waals surface area contributed by atoms with Crippen molar-refractivity contribution in [3.8, 4) is 0 Å². The largest absolute Gasteiger partial charge is 0.339 e. The zero-order chi connectivity index (χ0) is 11.9. The molecule has 6 nitrogen and oxygen atoms in total. The van der Waals surface area contributed by atoms with Gasteiger partial charge in [0.1, 0.15) is 5.52 Å². The van der Waals surface area contributed by atoms with E-state index in [4.69, 9.17) is 0 Å². The SMILES string of the molecule is CC(C)Cn1c(=O)c2[nH]cnc2n(C)c1=O. The number of aryl methyl sites for hydroxylation is 1. The van der Waals surface area contributed by atoms with Crippen LogP contribution in [-0.4, -0.2) is 19.1 Å². The molecule has 0 amide bonds. The minimum absolute atomic E-state index is 0.241. The molecule has 0 aliphatic carbocycles. The van der Waals surface area contributed by atoms with Crippen molar-refractivity contribution in [2.75, 3.05) is 0 Å². The average molecular weight is 222 g/mol. The molecule has 0 fully saturated rings. The van der Waals surface area contributed by atoms with Gasteiger partial charge in [0.25, 0.3) is 5.56 Å². The van der Waals surface area contributed by atoms with Crippen LogP contribution in [0.1, 0.15) is 13.8 Å². The molecular formula is C10H14N4O2. The van der Waals surface area contributed by atoms with Gasteiger partial charge < -0.3 is 4.98 Å². The zero-order valence-corrected chi connectivity index (χ0v) is 9.52. The van der Waals surface area contributed by atoms with Crippen LogP contribution < -0.4 is 11.2 Å². The molecule has 6 heteroatoms. The fourth-order valence-corrected chi connectivity index (χ4v) is 1.72. The van der Waals surface area contributed by atoms with E-state index in [9.17, 15) is 9.59 Å². The summed E-state index contributed by atoms with van der Waals surface area (Å²) in [5, 5.41) is 0. The van der Waals surface area contributed by atoms with Crippen LogP contribution in [0, 0.1) is 5.92 Å². The first-order valence-electron chi connectivity index (χ1n) is 5.15. The summed E-state index contributed by atoms with van der Waals surface area (Å²) >= 11 is 0. The quantitative estimate of drug-likeness (QED) is 0.782. The first-order valence-corrected chi connectivity index (χ1v) is 5.15. The van der Waals surface area contributed by atoms with E-state index >= 15 is 0 Å². The Kier molecular flexibility index (Phi) is 2.41. The number of aromatic nitrogens is 4. The third-order valence-corrected chi connectivity index (χ3v) is 2.46. The smallest absolute Gasteiger partial charge is 0.332 e. The molecule has 86 valence electrons. The second-order valence-electron chi connectivity index (χ2n) is 4.25. The van der Waals surface area contributed by atoms with Gasteiger partial charge in [0.05, 0.1) is 6.33 Å². The summed E-state index contributed by atoms with van der Waals surface area (Å²) < 4.78 is 2.63. The molecule has 1 N–H and O–H groups in total. The van der Waals surface area contributed by atoms with Crippen LogP contribution in [0.5, 0.6) is 0 Å². The number of hydrogen-bond donors (Lipinski definition) is 1. The van der Waals surface area contributed by atoms with E-state index < -0.39 is 0 Å². The number of rotatable bonds is 2. The number of imidazole rings is 1. The lowest BCUT2D eigenvalue weighted by Gasteiger charge is -2.09. The number of nitrogens with one attached hydrogen (secondary N) is 1. The van der Waals surface area contributed by atoms with Crippen LogP contribution >= 0.6 is 0 Å². The van der Waals surface area contributed by atoms with E-state index in [0.717, 1.165) is 0 Å². The van der Waals surface area contributed by atoms with Crippen molar-refractivity contribution in [1.29, 1.82) is 0 Å². The Bertz CT molecular complexity index is 632. The van der Waals surface area contributed by atoms with Gasteiger partial charge in [-0.05, 0) is 5.92 Å². The van der Waals surface area contributed by atoms with Gasteiger partial charge in [-0.15, -0.1) is 0 Å². The van der Waals surface area contributed by atoms with Crippen molar-refractivity contribution < 1.29 is 0 Å². The normalized spacial score (nSPS) is 11.5. The van der Waals surface area contributed by atoms with Gasteiger partial charge in [-0.3, -0.25) is 13.9 Å². The third-order valence-electron chi connectivity index (χ3n) is 2.46. The molecule has 2 aromatic rings. The van der Waals surface area contributed by atoms with Crippen molar-refractivity contribution in [3.63, 3.8) is 0 Å². The maximum absolute atomic E-state index is 12.0. The Morgan fingerprint density at radius 1 is 1.44 bits per heavy atom. The minimum atomic E-state index is -0.321.